The van der Waals surface area contributed by atoms with E-state index in [0.29, 0.717) is 0 Å². The molecule has 4 aromatic rings. The van der Waals surface area contributed by atoms with Gasteiger partial charge in [-0.15, -0.1) is 0 Å². The number of benzene rings is 4. The van der Waals surface area contributed by atoms with E-state index < -0.39 is 7.26 Å². The molecule has 0 aliphatic heterocycles. The number of methoxy groups -OCH3 is 1. The van der Waals surface area contributed by atoms with E-state index >= 15 is 0 Å². The molecule has 0 spiro atoms. The predicted molar refractivity (Wildman–Crippen MR) is 160 cm³/mol. The predicted octanol–water partition coefficient (Wildman–Crippen LogP) is 4.58. The molecule has 0 amide bonds. The minimum atomic E-state index is -1.87. The maximum absolute atomic E-state index is 5.56. The number of halogens is 1. The van der Waals surface area contributed by atoms with Crippen LogP contribution in [-0.4, -0.2) is 13.3 Å². The summed E-state index contributed by atoms with van der Waals surface area (Å²) in [6.45, 7) is 8.68. The van der Waals surface area contributed by atoms with E-state index in [0.717, 1.165) is 11.9 Å². The van der Waals surface area contributed by atoms with Gasteiger partial charge in [0.2, 0.25) is 0 Å². The van der Waals surface area contributed by atoms with Crippen LogP contribution in [0.2, 0.25) is 0 Å². The molecule has 0 aromatic heterocycles. The largest absolute Gasteiger partial charge is 1.00 e. The van der Waals surface area contributed by atoms with Gasteiger partial charge in [0.1, 0.15) is 28.9 Å². The van der Waals surface area contributed by atoms with Crippen molar-refractivity contribution in [1.29, 1.82) is 0 Å². The Kier molecular flexibility index (Phi) is 10.1. The van der Waals surface area contributed by atoms with Gasteiger partial charge >= 0.3 is 0 Å². The van der Waals surface area contributed by atoms with Gasteiger partial charge in [-0.2, -0.15) is 0 Å². The van der Waals surface area contributed by atoms with Crippen molar-refractivity contribution >= 4 is 29.3 Å². The molecule has 190 valence electrons. The molecule has 0 aliphatic rings. The fourth-order valence-electron chi connectivity index (χ4n) is 4.91. The molecule has 4 rings (SSSR count). The van der Waals surface area contributed by atoms with E-state index in [1.54, 1.807) is 7.11 Å². The third-order valence-electron chi connectivity index (χ3n) is 7.12. The highest BCUT2D eigenvalue weighted by Gasteiger charge is 2.44. The number of hydrogen-bond donors (Lipinski definition) is 0. The molecule has 4 aromatic carbocycles. The first-order chi connectivity index (χ1) is 17.5. The van der Waals surface area contributed by atoms with Crippen LogP contribution in [0.25, 0.3) is 6.08 Å². The molecule has 37 heavy (non-hydrogen) atoms. The highest BCUT2D eigenvalue weighted by atomic mass is 79.9. The molecule has 0 bridgehead atoms. The Morgan fingerprint density at radius 3 is 1.62 bits per heavy atom. The van der Waals surface area contributed by atoms with E-state index in [-0.39, 0.29) is 17.0 Å². The second-order valence-corrected chi connectivity index (χ2v) is 12.9. The summed E-state index contributed by atoms with van der Waals surface area (Å²) in [5.74, 6) is 0.956. The van der Waals surface area contributed by atoms with Crippen molar-refractivity contribution in [2.75, 3.05) is 13.3 Å². The summed E-state index contributed by atoms with van der Waals surface area (Å²) in [4.78, 5) is 0. The van der Waals surface area contributed by atoms with Crippen LogP contribution in [0.4, 0.5) is 0 Å². The van der Waals surface area contributed by atoms with Crippen molar-refractivity contribution in [1.82, 2.24) is 0 Å². The zero-order valence-corrected chi connectivity index (χ0v) is 24.9. The SMILES string of the molecule is COc1cc(C)c(C=CC(C)=CC[P+](c2ccccc2)(c2ccccc2)c2ccccc2)c(C)c1C.[Br-]. The standard InChI is InChI=1S/C34H36OP.BrH/c1-26(21-22-33-27(2)25-34(35-5)29(4)28(33)3)23-24-36(30-15-9-6-10-16-30,31-17-11-7-12-18-31)32-19-13-8-14-20-32;/h6-23,25H,24H2,1-5H3;1H/q+1;/p-1. The lowest BCUT2D eigenvalue weighted by Crippen LogP contribution is -3.00. The highest BCUT2D eigenvalue weighted by molar-refractivity contribution is 7.95. The van der Waals surface area contributed by atoms with Gasteiger partial charge in [0.25, 0.3) is 0 Å². The fourth-order valence-corrected chi connectivity index (χ4v) is 9.04. The lowest BCUT2D eigenvalue weighted by Gasteiger charge is -2.26. The van der Waals surface area contributed by atoms with Gasteiger partial charge in [0.05, 0.1) is 13.3 Å². The minimum Gasteiger partial charge on any atom is -1.00 e. The van der Waals surface area contributed by atoms with E-state index in [4.69, 9.17) is 4.74 Å². The molecule has 0 atom stereocenters. The van der Waals surface area contributed by atoms with Crippen LogP contribution in [0.5, 0.6) is 5.75 Å². The molecule has 3 heteroatoms. The Balaban J connectivity index is 0.00000380. The monoisotopic (exact) mass is 570 g/mol. The van der Waals surface area contributed by atoms with Gasteiger partial charge < -0.3 is 21.7 Å². The van der Waals surface area contributed by atoms with Crippen LogP contribution < -0.4 is 37.6 Å². The van der Waals surface area contributed by atoms with E-state index in [2.05, 4.69) is 143 Å². The Bertz CT molecular complexity index is 1260. The van der Waals surface area contributed by atoms with Gasteiger partial charge in [-0.25, -0.2) is 0 Å². The molecule has 0 unspecified atom stereocenters. The van der Waals surface area contributed by atoms with Crippen LogP contribution in [-0.2, 0) is 0 Å². The number of rotatable bonds is 8. The van der Waals surface area contributed by atoms with Crippen LogP contribution in [0.15, 0.2) is 115 Å². The summed E-state index contributed by atoms with van der Waals surface area (Å²) in [7, 11) is -0.126. The molecule has 0 radical (unpaired) electrons. The quantitative estimate of drug-likeness (QED) is 0.222. The fraction of sp³-hybridized carbons (Fsp3) is 0.176. The molecule has 1 nitrogen and oxygen atoms in total. The van der Waals surface area contributed by atoms with Gasteiger partial charge in [0.15, 0.2) is 0 Å². The average molecular weight is 572 g/mol. The molecule has 0 fully saturated rings. The van der Waals surface area contributed by atoms with Gasteiger partial charge in [-0.05, 0) is 98.5 Å². The summed E-state index contributed by atoms with van der Waals surface area (Å²) in [6, 6.07) is 35.3. The first-order valence-corrected chi connectivity index (χ1v) is 14.5. The van der Waals surface area contributed by atoms with Crippen molar-refractivity contribution < 1.29 is 21.7 Å². The zero-order valence-electron chi connectivity index (χ0n) is 22.4. The Hall–Kier alpha value is -2.93. The normalized spacial score (nSPS) is 11.9. The number of hydrogen-bond acceptors (Lipinski definition) is 1. The van der Waals surface area contributed by atoms with Crippen LogP contribution >= 0.6 is 7.26 Å². The second kappa shape index (κ2) is 13.0. The van der Waals surface area contributed by atoms with Crippen molar-refractivity contribution in [2.24, 2.45) is 0 Å². The molecule has 0 saturated heterocycles. The molecular weight excluding hydrogens is 535 g/mol. The summed E-state index contributed by atoms with van der Waals surface area (Å²) in [6.07, 6.45) is 7.92. The van der Waals surface area contributed by atoms with Gasteiger partial charge in [0, 0.05) is 0 Å². The van der Waals surface area contributed by atoms with Gasteiger partial charge in [-0.3, -0.25) is 0 Å². The smallest absolute Gasteiger partial charge is 0.122 e. The van der Waals surface area contributed by atoms with Crippen molar-refractivity contribution in [3.8, 4) is 5.75 Å². The lowest BCUT2D eigenvalue weighted by atomic mass is 9.96. The highest BCUT2D eigenvalue weighted by Crippen LogP contribution is 2.55. The summed E-state index contributed by atoms with van der Waals surface area (Å²) < 4.78 is 5.56. The summed E-state index contributed by atoms with van der Waals surface area (Å²) in [5.41, 5.74) is 6.26. The maximum Gasteiger partial charge on any atom is 0.122 e. The Labute approximate surface area is 234 Å². The first kappa shape index (κ1) is 28.6. The lowest BCUT2D eigenvalue weighted by molar-refractivity contribution is -0.00000757. The number of ether oxygens (including phenoxy) is 1. The molecule has 0 heterocycles. The molecular formula is C34H36BrOP. The third-order valence-corrected chi connectivity index (χ3v) is 11.4. The minimum absolute atomic E-state index is 0. The maximum atomic E-state index is 5.56. The molecule has 0 saturated carbocycles. The Morgan fingerprint density at radius 2 is 1.19 bits per heavy atom. The zero-order chi connectivity index (χ0) is 25.5. The van der Waals surface area contributed by atoms with Crippen LogP contribution in [0.1, 0.15) is 29.2 Å². The van der Waals surface area contributed by atoms with Gasteiger partial charge in [-0.1, -0.05) is 72.3 Å². The second-order valence-electron chi connectivity index (χ2n) is 9.34. The van der Waals surface area contributed by atoms with Crippen LogP contribution in [0, 0.1) is 20.8 Å². The Morgan fingerprint density at radius 1 is 0.730 bits per heavy atom. The molecule has 0 aliphatic carbocycles. The van der Waals surface area contributed by atoms with Crippen molar-refractivity contribution in [2.45, 2.75) is 27.7 Å². The van der Waals surface area contributed by atoms with Crippen molar-refractivity contribution in [3.63, 3.8) is 0 Å². The summed E-state index contributed by atoms with van der Waals surface area (Å²) in [5, 5.41) is 4.23. The van der Waals surface area contributed by atoms with E-state index in [1.807, 2.05) is 0 Å². The average Bonchev–Trinajstić information content (AvgIpc) is 2.93. The van der Waals surface area contributed by atoms with Crippen molar-refractivity contribution in [3.05, 3.63) is 137 Å². The number of aryl methyl sites for hydroxylation is 1. The van der Waals surface area contributed by atoms with Crippen LogP contribution in [0.3, 0.4) is 0 Å². The topological polar surface area (TPSA) is 9.23 Å². The van der Waals surface area contributed by atoms with E-state index in [9.17, 15) is 0 Å². The van der Waals surface area contributed by atoms with E-state index in [1.165, 1.54) is 43.7 Å². The number of allylic oxidation sites excluding steroid dienone is 3. The summed E-state index contributed by atoms with van der Waals surface area (Å²) >= 11 is 0. The third kappa shape index (κ3) is 6.15. The first-order valence-electron chi connectivity index (χ1n) is 12.5. The molecule has 0 N–H and O–H groups in total.